The summed E-state index contributed by atoms with van der Waals surface area (Å²) in [7, 11) is -2.41. The Bertz CT molecular complexity index is 957. The second kappa shape index (κ2) is 9.16. The van der Waals surface area contributed by atoms with Gasteiger partial charge in [-0.15, -0.1) is 0 Å². The minimum absolute atomic E-state index is 0.0519. The fourth-order valence-electron chi connectivity index (χ4n) is 2.82. The molecule has 0 saturated carbocycles. The first-order valence-electron chi connectivity index (χ1n) is 8.96. The van der Waals surface area contributed by atoms with Crippen LogP contribution in [-0.2, 0) is 16.6 Å². The van der Waals surface area contributed by atoms with Crippen molar-refractivity contribution < 1.29 is 22.3 Å². The fourth-order valence-corrected chi connectivity index (χ4v) is 4.46. The van der Waals surface area contributed by atoms with E-state index in [2.05, 4.69) is 5.32 Å². The van der Waals surface area contributed by atoms with Crippen LogP contribution in [-0.4, -0.2) is 38.8 Å². The minimum atomic E-state index is -3.79. The summed E-state index contributed by atoms with van der Waals surface area (Å²) in [5.74, 6) is -0.560. The zero-order valence-electron chi connectivity index (χ0n) is 16.5. The average molecular weight is 408 g/mol. The van der Waals surface area contributed by atoms with Crippen molar-refractivity contribution in [1.29, 1.82) is 0 Å². The second-order valence-corrected chi connectivity index (χ2v) is 8.13. The summed E-state index contributed by atoms with van der Waals surface area (Å²) in [5.41, 5.74) is 1.44. The van der Waals surface area contributed by atoms with Gasteiger partial charge in [-0.05, 0) is 42.3 Å². The molecule has 0 bridgehead atoms. The second-order valence-electron chi connectivity index (χ2n) is 6.22. The summed E-state index contributed by atoms with van der Waals surface area (Å²) >= 11 is 0. The number of rotatable bonds is 8. The number of carbonyl (C=O) groups excluding carboxylic acids is 1. The molecular formula is C20H25FN2O4S. The zero-order valence-corrected chi connectivity index (χ0v) is 17.3. The highest BCUT2D eigenvalue weighted by Gasteiger charge is 2.26. The van der Waals surface area contributed by atoms with E-state index in [0.29, 0.717) is 18.7 Å². The third-order valence-electron chi connectivity index (χ3n) is 4.42. The number of halogens is 1. The maximum Gasteiger partial charge on any atom is 0.251 e. The summed E-state index contributed by atoms with van der Waals surface area (Å²) in [6, 6.07) is 8.88. The van der Waals surface area contributed by atoms with Crippen LogP contribution in [0.5, 0.6) is 5.75 Å². The van der Waals surface area contributed by atoms with E-state index in [9.17, 15) is 17.6 Å². The van der Waals surface area contributed by atoms with Gasteiger partial charge in [0.05, 0.1) is 7.11 Å². The lowest BCUT2D eigenvalue weighted by atomic mass is 10.1. The fraction of sp³-hybridized carbons (Fsp3) is 0.350. The van der Waals surface area contributed by atoms with Crippen LogP contribution >= 0.6 is 0 Å². The molecule has 1 N–H and O–H groups in total. The van der Waals surface area contributed by atoms with E-state index in [1.807, 2.05) is 0 Å². The van der Waals surface area contributed by atoms with Gasteiger partial charge in [-0.1, -0.05) is 26.0 Å². The van der Waals surface area contributed by atoms with Crippen molar-refractivity contribution in [2.75, 3.05) is 20.2 Å². The highest BCUT2D eigenvalue weighted by Crippen LogP contribution is 2.28. The first kappa shape index (κ1) is 21.8. The Morgan fingerprint density at radius 3 is 2.39 bits per heavy atom. The molecule has 0 heterocycles. The Hall–Kier alpha value is -2.45. The molecule has 2 rings (SSSR count). The molecule has 0 radical (unpaired) electrons. The lowest BCUT2D eigenvalue weighted by molar-refractivity contribution is 0.0950. The normalized spacial score (nSPS) is 11.5. The van der Waals surface area contributed by atoms with Crippen molar-refractivity contribution in [1.82, 2.24) is 9.62 Å². The first-order chi connectivity index (χ1) is 13.2. The summed E-state index contributed by atoms with van der Waals surface area (Å²) < 4.78 is 45.6. The molecule has 0 saturated heterocycles. The van der Waals surface area contributed by atoms with Crippen LogP contribution in [0.25, 0.3) is 0 Å². The molecule has 1 amide bonds. The van der Waals surface area contributed by atoms with E-state index in [-0.39, 0.29) is 28.6 Å². The van der Waals surface area contributed by atoms with Gasteiger partial charge in [-0.25, -0.2) is 12.8 Å². The molecular weight excluding hydrogens is 383 g/mol. The molecule has 6 nitrogen and oxygen atoms in total. The number of benzene rings is 2. The van der Waals surface area contributed by atoms with E-state index in [4.69, 9.17) is 4.74 Å². The lowest BCUT2D eigenvalue weighted by Gasteiger charge is -2.20. The largest absolute Gasteiger partial charge is 0.495 e. The molecule has 28 heavy (non-hydrogen) atoms. The Morgan fingerprint density at radius 1 is 1.14 bits per heavy atom. The highest BCUT2D eigenvalue weighted by atomic mass is 32.2. The third-order valence-corrected chi connectivity index (χ3v) is 6.50. The van der Waals surface area contributed by atoms with Gasteiger partial charge in [0.2, 0.25) is 10.0 Å². The van der Waals surface area contributed by atoms with Crippen molar-refractivity contribution in [3.05, 3.63) is 58.9 Å². The number of nitrogens with zero attached hydrogens (tertiary/aromatic N) is 1. The number of carbonyl (C=O) groups is 1. The molecule has 0 aliphatic rings. The molecule has 2 aromatic carbocycles. The number of aryl methyl sites for hydroxylation is 1. The van der Waals surface area contributed by atoms with Gasteiger partial charge in [0.15, 0.2) is 0 Å². The zero-order chi connectivity index (χ0) is 20.9. The highest BCUT2D eigenvalue weighted by molar-refractivity contribution is 7.89. The summed E-state index contributed by atoms with van der Waals surface area (Å²) in [6.45, 7) is 5.95. The Labute approximate surface area is 165 Å². The Morgan fingerprint density at radius 2 is 1.82 bits per heavy atom. The topological polar surface area (TPSA) is 75.7 Å². The molecule has 2 aromatic rings. The average Bonchev–Trinajstić information content (AvgIpc) is 2.68. The smallest absolute Gasteiger partial charge is 0.251 e. The molecule has 152 valence electrons. The minimum Gasteiger partial charge on any atom is -0.495 e. The molecule has 8 heteroatoms. The number of hydrogen-bond acceptors (Lipinski definition) is 4. The van der Waals surface area contributed by atoms with Crippen molar-refractivity contribution in [3.63, 3.8) is 0 Å². The summed E-state index contributed by atoms with van der Waals surface area (Å²) in [6.07, 6.45) is 0. The van der Waals surface area contributed by atoms with E-state index < -0.39 is 15.9 Å². The molecule has 0 spiro atoms. The number of ether oxygens (including phenoxy) is 1. The molecule has 0 fully saturated rings. The number of methoxy groups -OCH3 is 1. The lowest BCUT2D eigenvalue weighted by Crippen LogP contribution is -2.31. The number of hydrogen-bond donors (Lipinski definition) is 1. The van der Waals surface area contributed by atoms with Gasteiger partial charge < -0.3 is 10.1 Å². The maximum atomic E-state index is 13.4. The van der Waals surface area contributed by atoms with Gasteiger partial charge >= 0.3 is 0 Å². The van der Waals surface area contributed by atoms with Crippen LogP contribution in [0, 0.1) is 12.7 Å². The van der Waals surface area contributed by atoms with Crippen molar-refractivity contribution in [2.45, 2.75) is 32.2 Å². The van der Waals surface area contributed by atoms with E-state index in [1.165, 1.54) is 35.7 Å². The maximum absolute atomic E-state index is 13.4. The standard InChI is InChI=1S/C20H25FN2O4S/c1-5-23(6-2)28(25,26)19-12-16(8-10-18(19)27-4)20(24)22-13-15-7-9-17(21)14(3)11-15/h7-12H,5-6,13H2,1-4H3,(H,22,24). The summed E-state index contributed by atoms with van der Waals surface area (Å²) in [4.78, 5) is 12.5. The molecule has 0 aliphatic heterocycles. The predicted octanol–water partition coefficient (Wildman–Crippen LogP) is 3.10. The van der Waals surface area contributed by atoms with E-state index >= 15 is 0 Å². The molecule has 0 atom stereocenters. The van der Waals surface area contributed by atoms with E-state index in [0.717, 1.165) is 5.56 Å². The van der Waals surface area contributed by atoms with Crippen molar-refractivity contribution in [2.24, 2.45) is 0 Å². The number of sulfonamides is 1. The van der Waals surface area contributed by atoms with Gasteiger partial charge in [-0.2, -0.15) is 4.31 Å². The SMILES string of the molecule is CCN(CC)S(=O)(=O)c1cc(C(=O)NCc2ccc(F)c(C)c2)ccc1OC. The van der Waals surface area contributed by atoms with Crippen molar-refractivity contribution >= 4 is 15.9 Å². The summed E-state index contributed by atoms with van der Waals surface area (Å²) in [5, 5.41) is 2.72. The number of amides is 1. The third kappa shape index (κ3) is 4.69. The van der Waals surface area contributed by atoms with Crippen LogP contribution < -0.4 is 10.1 Å². The van der Waals surface area contributed by atoms with Crippen LogP contribution in [0.1, 0.15) is 35.3 Å². The van der Waals surface area contributed by atoms with Crippen LogP contribution in [0.15, 0.2) is 41.3 Å². The van der Waals surface area contributed by atoms with Gasteiger partial charge in [0.1, 0.15) is 16.5 Å². The monoisotopic (exact) mass is 408 g/mol. The first-order valence-corrected chi connectivity index (χ1v) is 10.4. The Balaban J connectivity index is 2.28. The van der Waals surface area contributed by atoms with Crippen LogP contribution in [0.2, 0.25) is 0 Å². The van der Waals surface area contributed by atoms with Crippen LogP contribution in [0.4, 0.5) is 4.39 Å². The molecule has 0 aromatic heterocycles. The quantitative estimate of drug-likeness (QED) is 0.728. The molecule has 0 aliphatic carbocycles. The number of nitrogens with one attached hydrogen (secondary N) is 1. The van der Waals surface area contributed by atoms with E-state index in [1.54, 1.807) is 32.9 Å². The van der Waals surface area contributed by atoms with Crippen molar-refractivity contribution in [3.8, 4) is 5.75 Å². The predicted molar refractivity (Wildman–Crippen MR) is 105 cm³/mol. The molecule has 0 unspecified atom stereocenters. The van der Waals surface area contributed by atoms with Crippen LogP contribution in [0.3, 0.4) is 0 Å². The van der Waals surface area contributed by atoms with Gasteiger partial charge in [0.25, 0.3) is 5.91 Å². The Kier molecular flexibility index (Phi) is 7.15. The van der Waals surface area contributed by atoms with Gasteiger partial charge in [-0.3, -0.25) is 4.79 Å². The van der Waals surface area contributed by atoms with Gasteiger partial charge in [0, 0.05) is 25.2 Å².